The first-order valence-electron chi connectivity index (χ1n) is 6.19. The van der Waals surface area contributed by atoms with Crippen LogP contribution in [-0.2, 0) is 6.61 Å². The van der Waals surface area contributed by atoms with Gasteiger partial charge in [0.1, 0.15) is 23.9 Å². The van der Waals surface area contributed by atoms with Crippen molar-refractivity contribution < 1.29 is 5.11 Å². The molecule has 7 heteroatoms. The maximum atomic E-state index is 9.10. The van der Waals surface area contributed by atoms with Crippen LogP contribution in [0.3, 0.4) is 0 Å². The second-order valence-corrected chi connectivity index (χ2v) is 4.19. The standard InChI is InChI=1S/C15H10N6O/c16-6-10(7-17)15(8-18)19-13-4-2-1-3-12(13)14-5-11(9-22)20-21-14/h1-5,19,22H,9H2,(H,20,21). The van der Waals surface area contributed by atoms with E-state index in [1.165, 1.54) is 0 Å². The van der Waals surface area contributed by atoms with E-state index < -0.39 is 0 Å². The summed E-state index contributed by atoms with van der Waals surface area (Å²) in [6.45, 7) is -0.168. The van der Waals surface area contributed by atoms with Crippen LogP contribution in [-0.4, -0.2) is 15.3 Å². The van der Waals surface area contributed by atoms with Crippen molar-refractivity contribution in [1.29, 1.82) is 15.8 Å². The molecule has 0 spiro atoms. The van der Waals surface area contributed by atoms with E-state index >= 15 is 0 Å². The van der Waals surface area contributed by atoms with Crippen molar-refractivity contribution in [3.05, 3.63) is 47.3 Å². The Kier molecular flexibility index (Phi) is 4.52. The van der Waals surface area contributed by atoms with E-state index in [9.17, 15) is 0 Å². The van der Waals surface area contributed by atoms with Gasteiger partial charge in [-0.2, -0.15) is 20.9 Å². The highest BCUT2D eigenvalue weighted by molar-refractivity contribution is 5.78. The molecule has 0 bridgehead atoms. The Morgan fingerprint density at radius 1 is 1.18 bits per heavy atom. The quantitative estimate of drug-likeness (QED) is 0.735. The summed E-state index contributed by atoms with van der Waals surface area (Å²) in [4.78, 5) is 0. The predicted molar refractivity (Wildman–Crippen MR) is 77.4 cm³/mol. The van der Waals surface area contributed by atoms with Gasteiger partial charge < -0.3 is 10.4 Å². The second-order valence-electron chi connectivity index (χ2n) is 4.19. The number of aliphatic hydroxyl groups is 1. The average molecular weight is 290 g/mol. The molecule has 0 aliphatic carbocycles. The lowest BCUT2D eigenvalue weighted by atomic mass is 10.1. The summed E-state index contributed by atoms with van der Waals surface area (Å²) < 4.78 is 0. The van der Waals surface area contributed by atoms with Gasteiger partial charge in [-0.25, -0.2) is 0 Å². The maximum absolute atomic E-state index is 9.10. The molecule has 0 atom stereocenters. The molecule has 106 valence electrons. The lowest BCUT2D eigenvalue weighted by Crippen LogP contribution is -2.02. The van der Waals surface area contributed by atoms with E-state index in [-0.39, 0.29) is 17.9 Å². The molecule has 2 rings (SSSR count). The minimum absolute atomic E-state index is 0.129. The topological polar surface area (TPSA) is 132 Å². The Balaban J connectivity index is 2.46. The van der Waals surface area contributed by atoms with Crippen molar-refractivity contribution in [2.45, 2.75) is 6.61 Å². The molecular formula is C15H10N6O. The van der Waals surface area contributed by atoms with Gasteiger partial charge in [0.2, 0.25) is 0 Å². The highest BCUT2D eigenvalue weighted by atomic mass is 16.3. The smallest absolute Gasteiger partial charge is 0.163 e. The molecule has 1 heterocycles. The van der Waals surface area contributed by atoms with E-state index in [1.54, 1.807) is 48.5 Å². The average Bonchev–Trinajstić information content (AvgIpc) is 3.04. The van der Waals surface area contributed by atoms with E-state index in [0.717, 1.165) is 0 Å². The molecule has 1 aromatic carbocycles. The van der Waals surface area contributed by atoms with Crippen LogP contribution in [0.4, 0.5) is 5.69 Å². The van der Waals surface area contributed by atoms with Crippen LogP contribution < -0.4 is 5.32 Å². The first-order valence-corrected chi connectivity index (χ1v) is 6.19. The van der Waals surface area contributed by atoms with Crippen molar-refractivity contribution in [3.63, 3.8) is 0 Å². The normalized spacial score (nSPS) is 9.18. The van der Waals surface area contributed by atoms with E-state index in [0.29, 0.717) is 22.6 Å². The third-order valence-corrected chi connectivity index (χ3v) is 2.85. The molecule has 0 radical (unpaired) electrons. The fourth-order valence-electron chi connectivity index (χ4n) is 1.81. The minimum atomic E-state index is -0.296. The molecule has 0 unspecified atom stereocenters. The predicted octanol–water partition coefficient (Wildman–Crippen LogP) is 1.81. The number of anilines is 1. The third-order valence-electron chi connectivity index (χ3n) is 2.85. The van der Waals surface area contributed by atoms with Gasteiger partial charge in [-0.1, -0.05) is 18.2 Å². The fraction of sp³-hybridized carbons (Fsp3) is 0.0667. The van der Waals surface area contributed by atoms with Crippen LogP contribution in [0.25, 0.3) is 11.3 Å². The number of aromatic nitrogens is 2. The van der Waals surface area contributed by atoms with E-state index in [2.05, 4.69) is 15.5 Å². The summed E-state index contributed by atoms with van der Waals surface area (Å²) in [7, 11) is 0. The summed E-state index contributed by atoms with van der Waals surface area (Å²) in [5, 5.41) is 45.4. The Hall–Kier alpha value is -3.60. The van der Waals surface area contributed by atoms with Crippen molar-refractivity contribution in [3.8, 4) is 29.5 Å². The van der Waals surface area contributed by atoms with Crippen molar-refractivity contribution in [2.75, 3.05) is 5.32 Å². The monoisotopic (exact) mass is 290 g/mol. The maximum Gasteiger partial charge on any atom is 0.163 e. The minimum Gasteiger partial charge on any atom is -0.390 e. The zero-order chi connectivity index (χ0) is 15.9. The molecule has 2 aromatic rings. The highest BCUT2D eigenvalue weighted by Crippen LogP contribution is 2.28. The number of aromatic amines is 1. The first-order chi connectivity index (χ1) is 10.7. The summed E-state index contributed by atoms with van der Waals surface area (Å²) in [5.74, 6) is 0. The number of H-pyrrole nitrogens is 1. The van der Waals surface area contributed by atoms with Crippen LogP contribution in [0.1, 0.15) is 5.69 Å². The summed E-state index contributed by atoms with van der Waals surface area (Å²) in [5.41, 5.74) is 1.89. The molecule has 7 nitrogen and oxygen atoms in total. The number of nitrogens with one attached hydrogen (secondary N) is 2. The third kappa shape index (κ3) is 2.94. The Morgan fingerprint density at radius 3 is 2.50 bits per heavy atom. The molecule has 0 saturated carbocycles. The molecule has 0 saturated heterocycles. The van der Waals surface area contributed by atoms with Gasteiger partial charge in [-0.05, 0) is 12.1 Å². The summed E-state index contributed by atoms with van der Waals surface area (Å²) in [6.07, 6.45) is 0. The highest BCUT2D eigenvalue weighted by Gasteiger charge is 2.12. The van der Waals surface area contributed by atoms with Crippen LogP contribution in [0.15, 0.2) is 41.6 Å². The summed E-state index contributed by atoms with van der Waals surface area (Å²) >= 11 is 0. The van der Waals surface area contributed by atoms with Gasteiger partial charge in [0.15, 0.2) is 5.57 Å². The van der Waals surface area contributed by atoms with Gasteiger partial charge in [-0.3, -0.25) is 5.10 Å². The zero-order valence-corrected chi connectivity index (χ0v) is 11.3. The molecule has 3 N–H and O–H groups in total. The number of nitrogens with zero attached hydrogens (tertiary/aromatic N) is 4. The molecular weight excluding hydrogens is 280 g/mol. The fourth-order valence-corrected chi connectivity index (χ4v) is 1.81. The van der Waals surface area contributed by atoms with Gasteiger partial charge in [0, 0.05) is 11.3 Å². The van der Waals surface area contributed by atoms with Gasteiger partial charge in [-0.15, -0.1) is 0 Å². The largest absolute Gasteiger partial charge is 0.390 e. The number of hydrogen-bond acceptors (Lipinski definition) is 6. The van der Waals surface area contributed by atoms with Crippen LogP contribution in [0.2, 0.25) is 0 Å². The van der Waals surface area contributed by atoms with Crippen molar-refractivity contribution in [1.82, 2.24) is 10.2 Å². The number of para-hydroxylation sites is 1. The number of benzene rings is 1. The molecule has 0 fully saturated rings. The Bertz CT molecular complexity index is 828. The van der Waals surface area contributed by atoms with Gasteiger partial charge in [0.05, 0.1) is 18.0 Å². The molecule has 1 aromatic heterocycles. The molecule has 0 aliphatic heterocycles. The van der Waals surface area contributed by atoms with Crippen molar-refractivity contribution in [2.24, 2.45) is 0 Å². The molecule has 0 aliphatic rings. The van der Waals surface area contributed by atoms with Gasteiger partial charge >= 0.3 is 0 Å². The number of nitriles is 3. The van der Waals surface area contributed by atoms with Crippen LogP contribution >= 0.6 is 0 Å². The SMILES string of the molecule is N#CC(C#N)=C(C#N)Nc1ccccc1-c1cc(CO)[nH]n1. The molecule has 0 amide bonds. The molecule has 22 heavy (non-hydrogen) atoms. The Labute approximate surface area is 126 Å². The summed E-state index contributed by atoms with van der Waals surface area (Å²) in [6, 6.07) is 13.8. The lowest BCUT2D eigenvalue weighted by Gasteiger charge is -2.09. The number of hydrogen-bond donors (Lipinski definition) is 3. The number of rotatable bonds is 4. The van der Waals surface area contributed by atoms with E-state index in [1.807, 2.05) is 0 Å². The first kappa shape index (κ1) is 14.8. The zero-order valence-electron chi connectivity index (χ0n) is 11.3. The number of aliphatic hydroxyl groups excluding tert-OH is 1. The Morgan fingerprint density at radius 2 is 1.91 bits per heavy atom. The van der Waals surface area contributed by atoms with Crippen molar-refractivity contribution >= 4 is 5.69 Å². The van der Waals surface area contributed by atoms with Crippen LogP contribution in [0, 0.1) is 34.0 Å². The van der Waals surface area contributed by atoms with Gasteiger partial charge in [0.25, 0.3) is 0 Å². The van der Waals surface area contributed by atoms with Crippen LogP contribution in [0.5, 0.6) is 0 Å². The van der Waals surface area contributed by atoms with E-state index in [4.69, 9.17) is 20.9 Å². The lowest BCUT2D eigenvalue weighted by molar-refractivity contribution is 0.276. The second kappa shape index (κ2) is 6.71. The number of allylic oxidation sites excluding steroid dienone is 2.